The Morgan fingerprint density at radius 2 is 2.17 bits per heavy atom. The van der Waals surface area contributed by atoms with Crippen molar-refractivity contribution in [2.75, 3.05) is 39.1 Å². The normalized spacial score (nSPS) is 19.8. The molecule has 1 N–H and O–H groups in total. The summed E-state index contributed by atoms with van der Waals surface area (Å²) in [5.41, 5.74) is 2.01. The highest BCUT2D eigenvalue weighted by atomic mass is 19.1. The Bertz CT molecular complexity index is 406. The van der Waals surface area contributed by atoms with Gasteiger partial charge >= 0.3 is 0 Å². The van der Waals surface area contributed by atoms with Crippen LogP contribution in [0.25, 0.3) is 0 Å². The van der Waals surface area contributed by atoms with E-state index in [1.807, 2.05) is 7.05 Å². The first kappa shape index (κ1) is 13.3. The Hall–Kier alpha value is -1.13. The van der Waals surface area contributed by atoms with E-state index in [9.17, 15) is 4.39 Å². The number of hydrogen-bond donors (Lipinski definition) is 1. The number of benzene rings is 1. The lowest BCUT2D eigenvalue weighted by atomic mass is 10.2. The van der Waals surface area contributed by atoms with Crippen LogP contribution in [0.3, 0.4) is 0 Å². The summed E-state index contributed by atoms with van der Waals surface area (Å²) in [5, 5.41) is 3.06. The van der Waals surface area contributed by atoms with Crippen LogP contribution in [0, 0.1) is 5.82 Å². The van der Waals surface area contributed by atoms with Crippen LogP contribution in [-0.2, 0) is 6.54 Å². The van der Waals surface area contributed by atoms with Gasteiger partial charge in [-0.2, -0.15) is 0 Å². The molecule has 18 heavy (non-hydrogen) atoms. The molecule has 0 bridgehead atoms. The minimum absolute atomic E-state index is 0.147. The number of anilines is 1. The van der Waals surface area contributed by atoms with E-state index in [0.29, 0.717) is 12.6 Å². The second kappa shape index (κ2) is 5.67. The highest BCUT2D eigenvalue weighted by Crippen LogP contribution is 2.24. The Morgan fingerprint density at radius 1 is 1.39 bits per heavy atom. The van der Waals surface area contributed by atoms with Crippen LogP contribution in [0.15, 0.2) is 18.2 Å². The molecular formula is C14H22FN3. The van der Waals surface area contributed by atoms with Crippen LogP contribution in [0.2, 0.25) is 0 Å². The zero-order valence-electron chi connectivity index (χ0n) is 11.4. The molecule has 1 aliphatic rings. The van der Waals surface area contributed by atoms with Gasteiger partial charge in [0.2, 0.25) is 0 Å². The van der Waals surface area contributed by atoms with Crippen LogP contribution in [0.1, 0.15) is 12.0 Å². The smallest absolute Gasteiger partial charge is 0.125 e. The largest absolute Gasteiger partial charge is 0.370 e. The number of nitrogens with zero attached hydrogens (tertiary/aromatic N) is 2. The second-order valence-electron chi connectivity index (χ2n) is 5.20. The fourth-order valence-corrected chi connectivity index (χ4v) is 2.52. The summed E-state index contributed by atoms with van der Waals surface area (Å²) < 4.78 is 13.6. The Morgan fingerprint density at radius 3 is 2.78 bits per heavy atom. The molecule has 1 aromatic carbocycles. The van der Waals surface area contributed by atoms with E-state index in [0.717, 1.165) is 30.8 Å². The van der Waals surface area contributed by atoms with Gasteiger partial charge in [0.05, 0.1) is 0 Å². The van der Waals surface area contributed by atoms with Crippen molar-refractivity contribution in [3.8, 4) is 0 Å². The summed E-state index contributed by atoms with van der Waals surface area (Å²) in [4.78, 5) is 4.51. The minimum Gasteiger partial charge on any atom is -0.370 e. The van der Waals surface area contributed by atoms with Gasteiger partial charge in [0.1, 0.15) is 5.82 Å². The Kier molecular flexibility index (Phi) is 4.19. The molecule has 1 aromatic rings. The number of hydrogen-bond acceptors (Lipinski definition) is 3. The molecule has 1 atom stereocenters. The first-order chi connectivity index (χ1) is 8.60. The summed E-state index contributed by atoms with van der Waals surface area (Å²) >= 11 is 0. The van der Waals surface area contributed by atoms with Crippen molar-refractivity contribution in [3.63, 3.8) is 0 Å². The molecule has 0 saturated carbocycles. The molecule has 100 valence electrons. The maximum atomic E-state index is 13.6. The van der Waals surface area contributed by atoms with Crippen molar-refractivity contribution in [1.29, 1.82) is 0 Å². The van der Waals surface area contributed by atoms with Crippen molar-refractivity contribution < 1.29 is 4.39 Å². The van der Waals surface area contributed by atoms with E-state index in [2.05, 4.69) is 35.3 Å². The van der Waals surface area contributed by atoms with Crippen molar-refractivity contribution in [2.45, 2.75) is 19.0 Å². The Labute approximate surface area is 109 Å². The van der Waals surface area contributed by atoms with E-state index >= 15 is 0 Å². The zero-order chi connectivity index (χ0) is 13.1. The van der Waals surface area contributed by atoms with E-state index in [1.165, 1.54) is 0 Å². The first-order valence-corrected chi connectivity index (χ1v) is 6.45. The highest BCUT2D eigenvalue weighted by Gasteiger charge is 2.24. The summed E-state index contributed by atoms with van der Waals surface area (Å²) in [6.45, 7) is 2.69. The molecular weight excluding hydrogens is 229 g/mol. The third-order valence-corrected chi connectivity index (χ3v) is 3.58. The summed E-state index contributed by atoms with van der Waals surface area (Å²) in [5.74, 6) is -0.147. The molecule has 1 unspecified atom stereocenters. The molecule has 0 aliphatic carbocycles. The van der Waals surface area contributed by atoms with E-state index in [4.69, 9.17) is 0 Å². The molecule has 1 heterocycles. The van der Waals surface area contributed by atoms with Crippen molar-refractivity contribution in [2.24, 2.45) is 0 Å². The van der Waals surface area contributed by atoms with Crippen molar-refractivity contribution >= 4 is 5.69 Å². The Balaban J connectivity index is 2.13. The number of halogens is 1. The standard InChI is InChI=1S/C14H22FN3/c1-16-9-11-6-12(15)8-14(7-11)18-5-4-13(10-18)17(2)3/h6-8,13,16H,4-5,9-10H2,1-3H3. The van der Waals surface area contributed by atoms with Gasteiger partial charge in [0.25, 0.3) is 0 Å². The predicted molar refractivity (Wildman–Crippen MR) is 73.5 cm³/mol. The molecule has 1 fully saturated rings. The number of likely N-dealkylation sites (N-methyl/N-ethyl adjacent to an activating group) is 1. The molecule has 1 saturated heterocycles. The van der Waals surface area contributed by atoms with Gasteiger partial charge in [-0.25, -0.2) is 4.39 Å². The summed E-state index contributed by atoms with van der Waals surface area (Å²) in [6.07, 6.45) is 1.14. The number of rotatable bonds is 4. The van der Waals surface area contributed by atoms with E-state index in [1.54, 1.807) is 12.1 Å². The van der Waals surface area contributed by atoms with E-state index < -0.39 is 0 Å². The first-order valence-electron chi connectivity index (χ1n) is 6.45. The maximum Gasteiger partial charge on any atom is 0.125 e. The number of nitrogens with one attached hydrogen (secondary N) is 1. The summed E-state index contributed by atoms with van der Waals surface area (Å²) in [7, 11) is 6.08. The van der Waals surface area contributed by atoms with Gasteiger partial charge in [0.15, 0.2) is 0 Å². The molecule has 0 spiro atoms. The quantitative estimate of drug-likeness (QED) is 0.878. The van der Waals surface area contributed by atoms with Crippen LogP contribution in [0.4, 0.5) is 10.1 Å². The van der Waals surface area contributed by atoms with Gasteiger partial charge in [0, 0.05) is 31.4 Å². The van der Waals surface area contributed by atoms with E-state index in [-0.39, 0.29) is 5.82 Å². The molecule has 0 amide bonds. The van der Waals surface area contributed by atoms with Crippen LogP contribution < -0.4 is 10.2 Å². The van der Waals surface area contributed by atoms with Crippen LogP contribution >= 0.6 is 0 Å². The average Bonchev–Trinajstić information content (AvgIpc) is 2.78. The van der Waals surface area contributed by atoms with Gasteiger partial charge in [-0.15, -0.1) is 0 Å². The summed E-state index contributed by atoms with van der Waals surface area (Å²) in [6, 6.07) is 5.88. The topological polar surface area (TPSA) is 18.5 Å². The average molecular weight is 251 g/mol. The lowest BCUT2D eigenvalue weighted by Gasteiger charge is -2.22. The molecule has 1 aliphatic heterocycles. The van der Waals surface area contributed by atoms with Gasteiger partial charge in [-0.1, -0.05) is 0 Å². The maximum absolute atomic E-state index is 13.6. The highest BCUT2D eigenvalue weighted by molar-refractivity contribution is 5.50. The van der Waals surface area contributed by atoms with Crippen molar-refractivity contribution in [3.05, 3.63) is 29.6 Å². The fraction of sp³-hybridized carbons (Fsp3) is 0.571. The molecule has 2 rings (SSSR count). The van der Waals surface area contributed by atoms with Crippen LogP contribution in [0.5, 0.6) is 0 Å². The third kappa shape index (κ3) is 3.00. The van der Waals surface area contributed by atoms with Gasteiger partial charge in [-0.3, -0.25) is 0 Å². The van der Waals surface area contributed by atoms with Crippen molar-refractivity contribution in [1.82, 2.24) is 10.2 Å². The molecule has 3 nitrogen and oxygen atoms in total. The third-order valence-electron chi connectivity index (χ3n) is 3.58. The molecule has 0 aromatic heterocycles. The minimum atomic E-state index is -0.147. The monoisotopic (exact) mass is 251 g/mol. The lowest BCUT2D eigenvalue weighted by Crippen LogP contribution is -2.31. The van der Waals surface area contributed by atoms with Gasteiger partial charge in [-0.05, 0) is 51.3 Å². The fourth-order valence-electron chi connectivity index (χ4n) is 2.52. The molecule has 0 radical (unpaired) electrons. The van der Waals surface area contributed by atoms with Gasteiger partial charge < -0.3 is 15.1 Å². The lowest BCUT2D eigenvalue weighted by molar-refractivity contribution is 0.315. The molecule has 4 heteroatoms. The second-order valence-corrected chi connectivity index (χ2v) is 5.20. The SMILES string of the molecule is CNCc1cc(F)cc(N2CCC(N(C)C)C2)c1. The van der Waals surface area contributed by atoms with Crippen LogP contribution in [-0.4, -0.2) is 45.2 Å². The predicted octanol–water partition coefficient (Wildman–Crippen LogP) is 1.69. The zero-order valence-corrected chi connectivity index (χ0v) is 11.4.